The van der Waals surface area contributed by atoms with Crippen LogP contribution >= 0.6 is 23.7 Å². The highest BCUT2D eigenvalue weighted by molar-refractivity contribution is 9.10. The van der Waals surface area contributed by atoms with E-state index in [2.05, 4.69) is 40.2 Å². The molecule has 3 aromatic carbocycles. The molecule has 0 fully saturated rings. The molecule has 0 N–H and O–H groups in total. The van der Waals surface area contributed by atoms with Crippen molar-refractivity contribution in [1.29, 1.82) is 0 Å². The first kappa shape index (κ1) is 13.5. The van der Waals surface area contributed by atoms with Crippen LogP contribution in [0.15, 0.2) is 65.1 Å². The van der Waals surface area contributed by atoms with Crippen molar-refractivity contribution in [2.24, 2.45) is 0 Å². The molecule has 1 nitrogen and oxygen atoms in total. The molecule has 0 saturated carbocycles. The molecule has 0 spiro atoms. The van der Waals surface area contributed by atoms with Crippen molar-refractivity contribution < 1.29 is 4.57 Å². The number of benzene rings is 3. The lowest BCUT2D eigenvalue weighted by Gasteiger charge is -2.07. The molecule has 0 bridgehead atoms. The Morgan fingerprint density at radius 2 is 1.60 bits per heavy atom. The van der Waals surface area contributed by atoms with Crippen molar-refractivity contribution in [2.45, 2.75) is 0 Å². The summed E-state index contributed by atoms with van der Waals surface area (Å²) in [6, 6.07) is 20.4. The third-order valence-electron chi connectivity index (χ3n) is 3.38. The van der Waals surface area contributed by atoms with E-state index < -0.39 is 7.80 Å². The van der Waals surface area contributed by atoms with Crippen LogP contribution in [0.1, 0.15) is 0 Å². The van der Waals surface area contributed by atoms with E-state index in [4.69, 9.17) is 0 Å². The van der Waals surface area contributed by atoms with Gasteiger partial charge in [-0.05, 0) is 40.6 Å². The minimum Gasteiger partial charge on any atom is -0.0684 e. The van der Waals surface area contributed by atoms with Gasteiger partial charge >= 0.3 is 7.80 Å². The lowest BCUT2D eigenvalue weighted by molar-refractivity contribution is 0.596. The topological polar surface area (TPSA) is 17.1 Å². The first-order valence-electron chi connectivity index (χ1n) is 6.35. The molecule has 0 heterocycles. The van der Waals surface area contributed by atoms with E-state index >= 15 is 0 Å². The summed E-state index contributed by atoms with van der Waals surface area (Å²) in [7, 11) is -1.38. The van der Waals surface area contributed by atoms with Gasteiger partial charge in [-0.3, -0.25) is 0 Å². The van der Waals surface area contributed by atoms with Crippen molar-refractivity contribution in [3.63, 3.8) is 0 Å². The monoisotopic (exact) mass is 343 g/mol. The maximum absolute atomic E-state index is 12.1. The van der Waals surface area contributed by atoms with E-state index in [9.17, 15) is 4.57 Å². The van der Waals surface area contributed by atoms with Crippen molar-refractivity contribution in [3.8, 4) is 11.1 Å². The molecule has 1 atom stereocenters. The molecule has 0 saturated heterocycles. The molecule has 3 heteroatoms. The second-order valence-electron chi connectivity index (χ2n) is 4.69. The molecule has 0 radical (unpaired) electrons. The van der Waals surface area contributed by atoms with E-state index in [0.29, 0.717) is 0 Å². The predicted molar refractivity (Wildman–Crippen MR) is 90.2 cm³/mol. The van der Waals surface area contributed by atoms with Gasteiger partial charge in [0.2, 0.25) is 0 Å². The summed E-state index contributed by atoms with van der Waals surface area (Å²) in [4.78, 5) is 0. The molecule has 20 heavy (non-hydrogen) atoms. The van der Waals surface area contributed by atoms with Gasteiger partial charge in [-0.1, -0.05) is 56.9 Å². The molecule has 0 aliphatic heterocycles. The second-order valence-corrected chi connectivity index (χ2v) is 7.08. The molecule has 0 aromatic heterocycles. The van der Waals surface area contributed by atoms with Gasteiger partial charge in [-0.2, -0.15) is 0 Å². The molecule has 98 valence electrons. The van der Waals surface area contributed by atoms with Crippen LogP contribution in [-0.4, -0.2) is 6.66 Å². The highest BCUT2D eigenvalue weighted by Gasteiger charge is 2.21. The van der Waals surface area contributed by atoms with Gasteiger partial charge in [-0.25, -0.2) is 0 Å². The zero-order valence-corrected chi connectivity index (χ0v) is 13.5. The Balaban J connectivity index is 2.38. The Morgan fingerprint density at radius 3 is 2.30 bits per heavy atom. The molecule has 0 aliphatic rings. The molecule has 1 unspecified atom stereocenters. The standard InChI is InChI=1S/C17H13BrOP/c1-20(19)16-11-8-12-4-2-3-5-15(12)17(16)13-6-9-14(18)10-7-13/h2-11H,1H3/q+1. The van der Waals surface area contributed by atoms with E-state index in [1.54, 1.807) is 6.66 Å². The molecular weight excluding hydrogens is 331 g/mol. The minimum atomic E-state index is -1.38. The van der Waals surface area contributed by atoms with Crippen LogP contribution in [0.2, 0.25) is 0 Å². The average molecular weight is 344 g/mol. The van der Waals surface area contributed by atoms with Gasteiger partial charge < -0.3 is 0 Å². The highest BCUT2D eigenvalue weighted by atomic mass is 79.9. The molecule has 3 aromatic rings. The number of rotatable bonds is 2. The van der Waals surface area contributed by atoms with Gasteiger partial charge in [0.25, 0.3) is 0 Å². The van der Waals surface area contributed by atoms with Crippen molar-refractivity contribution in [2.75, 3.05) is 6.66 Å². The van der Waals surface area contributed by atoms with Crippen molar-refractivity contribution in [1.82, 2.24) is 0 Å². The molecule has 3 rings (SSSR count). The van der Waals surface area contributed by atoms with Gasteiger partial charge in [0.05, 0.1) is 0 Å². The Hall–Kier alpha value is -1.50. The summed E-state index contributed by atoms with van der Waals surface area (Å²) >= 11 is 3.46. The largest absolute Gasteiger partial charge is 0.374 e. The Labute approximate surface area is 127 Å². The van der Waals surface area contributed by atoms with Gasteiger partial charge in [0, 0.05) is 10.0 Å². The smallest absolute Gasteiger partial charge is 0.0684 e. The van der Waals surface area contributed by atoms with E-state index in [0.717, 1.165) is 26.3 Å². The summed E-state index contributed by atoms with van der Waals surface area (Å²) in [5.41, 5.74) is 2.18. The van der Waals surface area contributed by atoms with Gasteiger partial charge in [0.1, 0.15) is 6.66 Å². The Bertz CT molecular complexity index is 794. The van der Waals surface area contributed by atoms with Crippen LogP contribution in [0.5, 0.6) is 0 Å². The summed E-state index contributed by atoms with van der Waals surface area (Å²) in [6.07, 6.45) is 0. The third kappa shape index (κ3) is 2.42. The van der Waals surface area contributed by atoms with E-state index in [-0.39, 0.29) is 0 Å². The van der Waals surface area contributed by atoms with Crippen molar-refractivity contribution in [3.05, 3.63) is 65.1 Å². The number of fused-ring (bicyclic) bond motifs is 1. The molecular formula is C17H13BrOP+. The summed E-state index contributed by atoms with van der Waals surface area (Å²) < 4.78 is 13.1. The Kier molecular flexibility index (Phi) is 3.69. The maximum Gasteiger partial charge on any atom is 0.374 e. The van der Waals surface area contributed by atoms with E-state index in [1.165, 1.54) is 5.39 Å². The summed E-state index contributed by atoms with van der Waals surface area (Å²) in [5, 5.41) is 3.24. The quantitative estimate of drug-likeness (QED) is 0.573. The van der Waals surface area contributed by atoms with Crippen LogP contribution in [0.25, 0.3) is 21.9 Å². The van der Waals surface area contributed by atoms with Crippen LogP contribution in [-0.2, 0) is 4.57 Å². The minimum absolute atomic E-state index is 0.918. The summed E-state index contributed by atoms with van der Waals surface area (Å²) in [6.45, 7) is 1.77. The SMILES string of the molecule is C[P+](=O)c1ccc2ccccc2c1-c1ccc(Br)cc1. The van der Waals surface area contributed by atoms with E-state index in [1.807, 2.05) is 36.4 Å². The first-order chi connectivity index (χ1) is 9.66. The fourth-order valence-electron chi connectivity index (χ4n) is 2.44. The normalized spacial score (nSPS) is 11.6. The number of hydrogen-bond donors (Lipinski definition) is 0. The van der Waals surface area contributed by atoms with Crippen LogP contribution in [0.4, 0.5) is 0 Å². The van der Waals surface area contributed by atoms with Gasteiger partial charge in [0.15, 0.2) is 5.30 Å². The molecule has 0 aliphatic carbocycles. The first-order valence-corrected chi connectivity index (χ1v) is 8.85. The second kappa shape index (κ2) is 5.47. The zero-order chi connectivity index (χ0) is 14.1. The predicted octanol–water partition coefficient (Wildman–Crippen LogP) is 5.35. The fourth-order valence-corrected chi connectivity index (χ4v) is 3.56. The maximum atomic E-state index is 12.1. The zero-order valence-electron chi connectivity index (χ0n) is 11.0. The highest BCUT2D eigenvalue weighted by Crippen LogP contribution is 2.33. The average Bonchev–Trinajstić information content (AvgIpc) is 2.47. The summed E-state index contributed by atoms with van der Waals surface area (Å²) in [5.74, 6) is 0. The fraction of sp³-hybridized carbons (Fsp3) is 0.0588. The lowest BCUT2D eigenvalue weighted by Crippen LogP contribution is -2.02. The van der Waals surface area contributed by atoms with Crippen LogP contribution in [0, 0.1) is 0 Å². The number of hydrogen-bond acceptors (Lipinski definition) is 1. The molecule has 0 amide bonds. The number of halogens is 1. The van der Waals surface area contributed by atoms with Crippen LogP contribution < -0.4 is 5.30 Å². The third-order valence-corrected chi connectivity index (χ3v) is 4.96. The lowest BCUT2D eigenvalue weighted by atomic mass is 9.98. The van der Waals surface area contributed by atoms with Gasteiger partial charge in [-0.15, -0.1) is 0 Å². The Morgan fingerprint density at radius 1 is 0.900 bits per heavy atom. The van der Waals surface area contributed by atoms with Crippen molar-refractivity contribution >= 4 is 39.8 Å². The van der Waals surface area contributed by atoms with Crippen LogP contribution in [0.3, 0.4) is 0 Å².